The highest BCUT2D eigenvalue weighted by atomic mass is 35.5. The van der Waals surface area contributed by atoms with Crippen LogP contribution >= 0.6 is 11.6 Å². The highest BCUT2D eigenvalue weighted by Gasteiger charge is 2.20. The first-order chi connectivity index (χ1) is 14.3. The number of aromatic nitrogens is 1. The summed E-state index contributed by atoms with van der Waals surface area (Å²) in [5, 5.41) is 5.85. The Balaban J connectivity index is 1.84. The lowest BCUT2D eigenvalue weighted by molar-refractivity contribution is 0.519. The highest BCUT2D eigenvalue weighted by molar-refractivity contribution is 7.89. The van der Waals surface area contributed by atoms with Gasteiger partial charge in [-0.3, -0.25) is 0 Å². The van der Waals surface area contributed by atoms with Gasteiger partial charge in [-0.15, -0.1) is 0 Å². The van der Waals surface area contributed by atoms with Crippen LogP contribution in [0.5, 0.6) is 0 Å². The predicted octanol–water partition coefficient (Wildman–Crippen LogP) is 5.21. The van der Waals surface area contributed by atoms with Crippen molar-refractivity contribution >= 4 is 21.6 Å². The molecule has 4 rings (SSSR count). The van der Waals surface area contributed by atoms with Gasteiger partial charge in [0.2, 0.25) is 10.0 Å². The lowest BCUT2D eigenvalue weighted by Crippen LogP contribution is -2.11. The van der Waals surface area contributed by atoms with Gasteiger partial charge in [-0.2, -0.15) is 0 Å². The number of primary sulfonamides is 1. The molecule has 4 aromatic rings. The second-order valence-electron chi connectivity index (χ2n) is 6.93. The summed E-state index contributed by atoms with van der Waals surface area (Å²) in [6.45, 7) is 1.92. The smallest absolute Gasteiger partial charge is 0.238 e. The standard InChI is InChI=1S/C23H19ClN2O3S/c1-15-19(8-5-9-20(15)24)23-22(17-10-12-18(13-11-17)30(25,27)28)26-21(29-23)14-16-6-3-2-4-7-16/h2-13H,14H2,1H3,(H2,25,27,28). The van der Waals surface area contributed by atoms with Crippen molar-refractivity contribution in [2.45, 2.75) is 18.2 Å². The van der Waals surface area contributed by atoms with E-state index in [0.29, 0.717) is 28.8 Å². The molecule has 0 atom stereocenters. The fraction of sp³-hybridized carbons (Fsp3) is 0.0870. The summed E-state index contributed by atoms with van der Waals surface area (Å²) in [6.07, 6.45) is 0.530. The van der Waals surface area contributed by atoms with Gasteiger partial charge in [-0.25, -0.2) is 18.5 Å². The Kier molecular flexibility index (Phi) is 5.47. The van der Waals surface area contributed by atoms with Gasteiger partial charge in [-0.1, -0.05) is 66.2 Å². The van der Waals surface area contributed by atoms with E-state index in [1.165, 1.54) is 12.1 Å². The Morgan fingerprint density at radius 1 is 0.967 bits per heavy atom. The first-order valence-electron chi connectivity index (χ1n) is 9.25. The van der Waals surface area contributed by atoms with Crippen molar-refractivity contribution in [1.82, 2.24) is 4.98 Å². The lowest BCUT2D eigenvalue weighted by Gasteiger charge is -2.07. The molecule has 0 radical (unpaired) electrons. The molecule has 0 aliphatic heterocycles. The molecule has 5 nitrogen and oxygen atoms in total. The number of rotatable bonds is 5. The van der Waals surface area contributed by atoms with E-state index >= 15 is 0 Å². The molecule has 30 heavy (non-hydrogen) atoms. The highest BCUT2D eigenvalue weighted by Crippen LogP contribution is 2.37. The third-order valence-electron chi connectivity index (χ3n) is 4.84. The summed E-state index contributed by atoms with van der Waals surface area (Å²) in [7, 11) is -3.77. The first kappa shape index (κ1) is 20.3. The number of nitrogens with zero attached hydrogens (tertiary/aromatic N) is 1. The maximum Gasteiger partial charge on any atom is 0.238 e. The molecule has 7 heteroatoms. The number of benzene rings is 3. The van der Waals surface area contributed by atoms with E-state index in [-0.39, 0.29) is 4.90 Å². The van der Waals surface area contributed by atoms with E-state index < -0.39 is 10.0 Å². The number of nitrogens with two attached hydrogens (primary N) is 1. The van der Waals surface area contributed by atoms with Gasteiger partial charge in [0.25, 0.3) is 0 Å². The first-order valence-corrected chi connectivity index (χ1v) is 11.2. The lowest BCUT2D eigenvalue weighted by atomic mass is 10.0. The molecule has 0 bridgehead atoms. The zero-order chi connectivity index (χ0) is 21.3. The van der Waals surface area contributed by atoms with E-state index in [9.17, 15) is 8.42 Å². The third kappa shape index (κ3) is 4.16. The molecule has 1 heterocycles. The van der Waals surface area contributed by atoms with Crippen molar-refractivity contribution < 1.29 is 12.8 Å². The molecule has 1 aromatic heterocycles. The molecule has 0 amide bonds. The minimum Gasteiger partial charge on any atom is -0.440 e. The monoisotopic (exact) mass is 438 g/mol. The van der Waals surface area contributed by atoms with Crippen LogP contribution in [0.1, 0.15) is 17.0 Å². The Bertz CT molecular complexity index is 1300. The average molecular weight is 439 g/mol. The van der Waals surface area contributed by atoms with Crippen LogP contribution in [-0.4, -0.2) is 13.4 Å². The molecule has 0 saturated carbocycles. The minimum absolute atomic E-state index is 0.0414. The number of oxazole rings is 1. The van der Waals surface area contributed by atoms with Crippen molar-refractivity contribution in [2.24, 2.45) is 5.14 Å². The average Bonchev–Trinajstić information content (AvgIpc) is 3.14. The summed E-state index contributed by atoms with van der Waals surface area (Å²) >= 11 is 6.33. The minimum atomic E-state index is -3.77. The molecule has 0 spiro atoms. The third-order valence-corrected chi connectivity index (χ3v) is 6.18. The van der Waals surface area contributed by atoms with Crippen LogP contribution in [0.25, 0.3) is 22.6 Å². The van der Waals surface area contributed by atoms with Crippen LogP contribution in [0.4, 0.5) is 0 Å². The Morgan fingerprint density at radius 2 is 1.67 bits per heavy atom. The quantitative estimate of drug-likeness (QED) is 0.463. The maximum absolute atomic E-state index is 11.6. The van der Waals surface area contributed by atoms with E-state index in [4.69, 9.17) is 26.1 Å². The summed E-state index contributed by atoms with van der Waals surface area (Å²) in [4.78, 5) is 4.77. The largest absolute Gasteiger partial charge is 0.440 e. The van der Waals surface area contributed by atoms with Gasteiger partial charge < -0.3 is 4.42 Å². The fourth-order valence-corrected chi connectivity index (χ4v) is 3.93. The molecule has 0 aliphatic rings. The number of hydrogen-bond acceptors (Lipinski definition) is 4. The second-order valence-corrected chi connectivity index (χ2v) is 8.90. The molecular formula is C23H19ClN2O3S. The Labute approximate surface area is 180 Å². The fourth-order valence-electron chi connectivity index (χ4n) is 3.24. The summed E-state index contributed by atoms with van der Waals surface area (Å²) in [5.74, 6) is 1.14. The normalized spacial score (nSPS) is 11.6. The summed E-state index contributed by atoms with van der Waals surface area (Å²) in [5.41, 5.74) is 4.13. The molecule has 152 valence electrons. The van der Waals surface area contributed by atoms with Crippen LogP contribution in [0.3, 0.4) is 0 Å². The van der Waals surface area contributed by atoms with Crippen molar-refractivity contribution in [3.8, 4) is 22.6 Å². The van der Waals surface area contributed by atoms with Gasteiger partial charge >= 0.3 is 0 Å². The van der Waals surface area contributed by atoms with Crippen LogP contribution in [-0.2, 0) is 16.4 Å². The summed E-state index contributed by atoms with van der Waals surface area (Å²) in [6, 6.07) is 21.8. The predicted molar refractivity (Wildman–Crippen MR) is 118 cm³/mol. The zero-order valence-electron chi connectivity index (χ0n) is 16.2. The van der Waals surface area contributed by atoms with Crippen molar-refractivity contribution in [3.63, 3.8) is 0 Å². The van der Waals surface area contributed by atoms with Crippen LogP contribution in [0.2, 0.25) is 5.02 Å². The molecule has 2 N–H and O–H groups in total. The number of sulfonamides is 1. The molecule has 0 aliphatic carbocycles. The molecule has 0 fully saturated rings. The Morgan fingerprint density at radius 3 is 2.33 bits per heavy atom. The van der Waals surface area contributed by atoms with E-state index in [1.54, 1.807) is 12.1 Å². The SMILES string of the molecule is Cc1c(Cl)cccc1-c1oc(Cc2ccccc2)nc1-c1ccc(S(N)(=O)=O)cc1. The topological polar surface area (TPSA) is 86.2 Å². The van der Waals surface area contributed by atoms with Crippen LogP contribution in [0.15, 0.2) is 82.1 Å². The van der Waals surface area contributed by atoms with Gasteiger partial charge in [-0.05, 0) is 36.2 Å². The summed E-state index contributed by atoms with van der Waals surface area (Å²) < 4.78 is 29.4. The van der Waals surface area contributed by atoms with Crippen LogP contribution in [0, 0.1) is 6.92 Å². The Hall–Kier alpha value is -2.93. The number of hydrogen-bond donors (Lipinski definition) is 1. The zero-order valence-corrected chi connectivity index (χ0v) is 17.7. The van der Waals surface area contributed by atoms with E-state index in [1.807, 2.05) is 55.5 Å². The van der Waals surface area contributed by atoms with Gasteiger partial charge in [0.05, 0.1) is 4.90 Å². The molecule has 3 aromatic carbocycles. The second kappa shape index (κ2) is 8.07. The molecular weight excluding hydrogens is 420 g/mol. The van der Waals surface area contributed by atoms with Crippen molar-refractivity contribution in [1.29, 1.82) is 0 Å². The number of halogens is 1. The van der Waals surface area contributed by atoms with Gasteiger partial charge in [0.1, 0.15) is 5.69 Å². The molecule has 0 saturated heterocycles. The van der Waals surface area contributed by atoms with Gasteiger partial charge in [0, 0.05) is 22.6 Å². The van der Waals surface area contributed by atoms with E-state index in [0.717, 1.165) is 22.3 Å². The van der Waals surface area contributed by atoms with Gasteiger partial charge in [0.15, 0.2) is 11.7 Å². The maximum atomic E-state index is 11.6. The van der Waals surface area contributed by atoms with Crippen LogP contribution < -0.4 is 5.14 Å². The van der Waals surface area contributed by atoms with Crippen molar-refractivity contribution in [3.05, 3.63) is 94.8 Å². The van der Waals surface area contributed by atoms with E-state index in [2.05, 4.69) is 0 Å². The van der Waals surface area contributed by atoms with Crippen molar-refractivity contribution in [2.75, 3.05) is 0 Å². The molecule has 0 unspecified atom stereocenters.